The van der Waals surface area contributed by atoms with Gasteiger partial charge in [-0.15, -0.1) is 0 Å². The number of carbonyl (C=O) groups is 1. The minimum Gasteiger partial charge on any atom is -0.335 e. The predicted octanol–water partition coefficient (Wildman–Crippen LogP) is 4.31. The minimum atomic E-state index is 0.223. The van der Waals surface area contributed by atoms with Crippen molar-refractivity contribution in [1.29, 1.82) is 0 Å². The van der Waals surface area contributed by atoms with Gasteiger partial charge in [0.25, 0.3) is 0 Å². The van der Waals surface area contributed by atoms with Crippen molar-refractivity contribution in [3.63, 3.8) is 0 Å². The molecule has 1 atom stereocenters. The number of carbonyl (C=O) groups excluding carboxylic acids is 1. The zero-order valence-electron chi connectivity index (χ0n) is 13.6. The normalized spacial score (nSPS) is 24.0. The van der Waals surface area contributed by atoms with E-state index >= 15 is 0 Å². The molecule has 21 heavy (non-hydrogen) atoms. The van der Waals surface area contributed by atoms with E-state index in [2.05, 4.69) is 49.9 Å². The Kier molecular flexibility index (Phi) is 3.81. The van der Waals surface area contributed by atoms with Gasteiger partial charge in [0.2, 0.25) is 5.91 Å². The van der Waals surface area contributed by atoms with E-state index in [0.29, 0.717) is 11.9 Å². The highest BCUT2D eigenvalue weighted by Crippen LogP contribution is 2.53. The summed E-state index contributed by atoms with van der Waals surface area (Å²) in [5, 5.41) is 0. The molecule has 1 aromatic rings. The molecule has 1 aromatic carbocycles. The molecule has 0 N–H and O–H groups in total. The third kappa shape index (κ3) is 3.14. The molecule has 0 saturated heterocycles. The molecule has 2 saturated carbocycles. The van der Waals surface area contributed by atoms with Crippen LogP contribution in [0.4, 0.5) is 0 Å². The largest absolute Gasteiger partial charge is 0.335 e. The second kappa shape index (κ2) is 5.47. The number of nitrogens with zero attached hydrogens (tertiary/aromatic N) is 1. The molecule has 2 fully saturated rings. The standard InChI is InChI=1S/C19H27NO/c1-14-8-10-15(11-9-14)13-20(16-6-4-5-7-16)18(21)17-12-19(17,2)3/h8-11,16-17H,4-7,12-13H2,1-3H3/t17-/m1/s1. The molecule has 0 unspecified atom stereocenters. The second-order valence-electron chi connectivity index (χ2n) is 7.64. The van der Waals surface area contributed by atoms with Crippen molar-refractivity contribution >= 4 is 5.91 Å². The van der Waals surface area contributed by atoms with Crippen LogP contribution in [0.5, 0.6) is 0 Å². The second-order valence-corrected chi connectivity index (χ2v) is 7.64. The lowest BCUT2D eigenvalue weighted by Crippen LogP contribution is -2.40. The van der Waals surface area contributed by atoms with Crippen molar-refractivity contribution in [3.8, 4) is 0 Å². The first kappa shape index (κ1) is 14.6. The van der Waals surface area contributed by atoms with E-state index in [1.165, 1.54) is 36.8 Å². The lowest BCUT2D eigenvalue weighted by atomic mass is 10.1. The topological polar surface area (TPSA) is 20.3 Å². The van der Waals surface area contributed by atoms with Gasteiger partial charge in [-0.2, -0.15) is 0 Å². The van der Waals surface area contributed by atoms with Gasteiger partial charge in [0, 0.05) is 18.5 Å². The van der Waals surface area contributed by atoms with Gasteiger partial charge in [-0.05, 0) is 37.2 Å². The smallest absolute Gasteiger partial charge is 0.226 e. The summed E-state index contributed by atoms with van der Waals surface area (Å²) in [6.45, 7) is 7.33. The zero-order valence-corrected chi connectivity index (χ0v) is 13.6. The number of rotatable bonds is 4. The molecule has 0 bridgehead atoms. The van der Waals surface area contributed by atoms with Gasteiger partial charge in [0.1, 0.15) is 0 Å². The summed E-state index contributed by atoms with van der Waals surface area (Å²) in [5.74, 6) is 0.649. The number of benzene rings is 1. The van der Waals surface area contributed by atoms with E-state index in [1.54, 1.807) is 0 Å². The first-order valence-corrected chi connectivity index (χ1v) is 8.33. The zero-order chi connectivity index (χ0) is 15.0. The third-order valence-electron chi connectivity index (χ3n) is 5.33. The summed E-state index contributed by atoms with van der Waals surface area (Å²) < 4.78 is 0. The number of hydrogen-bond acceptors (Lipinski definition) is 1. The van der Waals surface area contributed by atoms with Crippen LogP contribution < -0.4 is 0 Å². The Hall–Kier alpha value is -1.31. The lowest BCUT2D eigenvalue weighted by Gasteiger charge is -2.30. The van der Waals surface area contributed by atoms with E-state index < -0.39 is 0 Å². The predicted molar refractivity (Wildman–Crippen MR) is 85.9 cm³/mol. The van der Waals surface area contributed by atoms with Crippen molar-refractivity contribution in [2.45, 2.75) is 65.5 Å². The van der Waals surface area contributed by atoms with Crippen LogP contribution in [0, 0.1) is 18.3 Å². The van der Waals surface area contributed by atoms with Crippen LogP contribution >= 0.6 is 0 Å². The van der Waals surface area contributed by atoms with Crippen molar-refractivity contribution < 1.29 is 4.79 Å². The van der Waals surface area contributed by atoms with Crippen LogP contribution in [0.1, 0.15) is 57.1 Å². The summed E-state index contributed by atoms with van der Waals surface area (Å²) in [6.07, 6.45) is 5.98. The average Bonchev–Trinajstić information content (AvgIpc) is 2.88. The molecule has 1 amide bonds. The summed E-state index contributed by atoms with van der Waals surface area (Å²) >= 11 is 0. The van der Waals surface area contributed by atoms with Crippen LogP contribution in [0.3, 0.4) is 0 Å². The molecule has 2 aliphatic carbocycles. The molecule has 114 valence electrons. The van der Waals surface area contributed by atoms with Crippen molar-refractivity contribution in [2.75, 3.05) is 0 Å². The Balaban J connectivity index is 1.76. The number of aryl methyl sites for hydroxylation is 1. The maximum atomic E-state index is 12.9. The van der Waals surface area contributed by atoms with Gasteiger partial charge in [-0.25, -0.2) is 0 Å². The average molecular weight is 285 g/mol. The van der Waals surface area contributed by atoms with Crippen LogP contribution in [-0.2, 0) is 11.3 Å². The fourth-order valence-electron chi connectivity index (χ4n) is 3.58. The highest BCUT2D eigenvalue weighted by atomic mass is 16.2. The Morgan fingerprint density at radius 1 is 1.19 bits per heavy atom. The van der Waals surface area contributed by atoms with E-state index in [0.717, 1.165) is 13.0 Å². The Morgan fingerprint density at radius 2 is 1.76 bits per heavy atom. The quantitative estimate of drug-likeness (QED) is 0.807. The summed E-state index contributed by atoms with van der Waals surface area (Å²) in [5.41, 5.74) is 2.77. The van der Waals surface area contributed by atoms with Gasteiger partial charge in [0.15, 0.2) is 0 Å². The molecule has 2 nitrogen and oxygen atoms in total. The lowest BCUT2D eigenvalue weighted by molar-refractivity contribution is -0.136. The van der Waals surface area contributed by atoms with E-state index in [4.69, 9.17) is 0 Å². The Morgan fingerprint density at radius 3 is 2.29 bits per heavy atom. The first-order valence-electron chi connectivity index (χ1n) is 8.33. The first-order chi connectivity index (χ1) is 9.97. The van der Waals surface area contributed by atoms with Gasteiger partial charge >= 0.3 is 0 Å². The maximum Gasteiger partial charge on any atom is 0.226 e. The van der Waals surface area contributed by atoms with Crippen LogP contribution in [0.2, 0.25) is 0 Å². The fourth-order valence-corrected chi connectivity index (χ4v) is 3.58. The van der Waals surface area contributed by atoms with Crippen molar-refractivity contribution in [1.82, 2.24) is 4.90 Å². The maximum absolute atomic E-state index is 12.9. The monoisotopic (exact) mass is 285 g/mol. The molecule has 3 rings (SSSR count). The van der Waals surface area contributed by atoms with E-state index in [9.17, 15) is 4.79 Å². The van der Waals surface area contributed by atoms with E-state index in [1.807, 2.05) is 0 Å². The molecule has 0 heterocycles. The van der Waals surface area contributed by atoms with Crippen molar-refractivity contribution in [3.05, 3.63) is 35.4 Å². The number of amides is 1. The summed E-state index contributed by atoms with van der Waals surface area (Å²) in [4.78, 5) is 15.1. The molecule has 0 aliphatic heterocycles. The molecule has 0 aromatic heterocycles. The van der Waals surface area contributed by atoms with Crippen LogP contribution in [0.25, 0.3) is 0 Å². The van der Waals surface area contributed by atoms with Gasteiger partial charge in [-0.1, -0.05) is 56.5 Å². The highest BCUT2D eigenvalue weighted by Gasteiger charge is 2.52. The highest BCUT2D eigenvalue weighted by molar-refractivity contribution is 5.82. The van der Waals surface area contributed by atoms with Gasteiger partial charge in [-0.3, -0.25) is 4.79 Å². The summed E-state index contributed by atoms with van der Waals surface area (Å²) in [7, 11) is 0. The molecule has 2 heteroatoms. The van der Waals surface area contributed by atoms with Gasteiger partial charge < -0.3 is 4.90 Å². The van der Waals surface area contributed by atoms with Crippen molar-refractivity contribution in [2.24, 2.45) is 11.3 Å². The SMILES string of the molecule is Cc1ccc(CN(C(=O)[C@H]2CC2(C)C)C2CCCC2)cc1. The minimum absolute atomic E-state index is 0.223. The van der Waals surface area contributed by atoms with Crippen LogP contribution in [0.15, 0.2) is 24.3 Å². The molecular weight excluding hydrogens is 258 g/mol. The number of hydrogen-bond donors (Lipinski definition) is 0. The van der Waals surface area contributed by atoms with Gasteiger partial charge in [0.05, 0.1) is 0 Å². The van der Waals surface area contributed by atoms with E-state index in [-0.39, 0.29) is 11.3 Å². The molecule has 0 spiro atoms. The van der Waals surface area contributed by atoms with Crippen LogP contribution in [-0.4, -0.2) is 16.8 Å². The summed E-state index contributed by atoms with van der Waals surface area (Å²) in [6, 6.07) is 9.10. The molecule has 0 radical (unpaired) electrons. The Bertz CT molecular complexity index is 511. The molecular formula is C19H27NO. The third-order valence-corrected chi connectivity index (χ3v) is 5.33. The Labute approximate surface area is 128 Å². The molecule has 2 aliphatic rings. The fraction of sp³-hybridized carbons (Fsp3) is 0.632.